The molecule has 34 heavy (non-hydrogen) atoms. The van der Waals surface area contributed by atoms with Crippen LogP contribution in [0.25, 0.3) is 0 Å². The van der Waals surface area contributed by atoms with E-state index in [2.05, 4.69) is 9.97 Å². The zero-order valence-electron chi connectivity index (χ0n) is 19.5. The van der Waals surface area contributed by atoms with Crippen LogP contribution in [0.4, 0.5) is 20.7 Å². The maximum atomic E-state index is 14.8. The van der Waals surface area contributed by atoms with Crippen molar-refractivity contribution in [1.29, 1.82) is 0 Å². The minimum absolute atomic E-state index is 0.0306. The van der Waals surface area contributed by atoms with Gasteiger partial charge in [-0.25, -0.2) is 27.6 Å². The first kappa shape index (κ1) is 24.2. The van der Waals surface area contributed by atoms with E-state index >= 15 is 0 Å². The molecule has 11 heteroatoms. The van der Waals surface area contributed by atoms with Gasteiger partial charge < -0.3 is 19.3 Å². The molecule has 1 fully saturated rings. The molecule has 0 saturated carbocycles. The number of piperidine rings is 1. The summed E-state index contributed by atoms with van der Waals surface area (Å²) >= 11 is 0. The molecule has 1 amide bonds. The molecule has 2 atom stereocenters. The molecule has 2 unspecified atom stereocenters. The normalized spacial score (nSPS) is 20.2. The van der Waals surface area contributed by atoms with E-state index in [9.17, 15) is 17.6 Å². The smallest absolute Gasteiger partial charge is 0.409 e. The van der Waals surface area contributed by atoms with Crippen molar-refractivity contribution in [3.05, 3.63) is 35.9 Å². The molecule has 0 radical (unpaired) electrons. The van der Waals surface area contributed by atoms with E-state index in [1.165, 1.54) is 18.5 Å². The molecule has 1 saturated heterocycles. The van der Waals surface area contributed by atoms with E-state index in [4.69, 9.17) is 9.47 Å². The van der Waals surface area contributed by atoms with Gasteiger partial charge in [-0.15, -0.1) is 0 Å². The molecule has 0 spiro atoms. The molecule has 1 aromatic heterocycles. The van der Waals surface area contributed by atoms with Crippen molar-refractivity contribution in [2.45, 2.75) is 56.6 Å². The fourth-order valence-electron chi connectivity index (χ4n) is 4.38. The number of rotatable bonds is 6. The number of ether oxygens (including phenoxy) is 2. The quantitative estimate of drug-likeness (QED) is 0.604. The minimum Gasteiger partial charge on any atom is -0.474 e. The van der Waals surface area contributed by atoms with Gasteiger partial charge in [0.1, 0.15) is 24.1 Å². The Morgan fingerprint density at radius 3 is 2.74 bits per heavy atom. The summed E-state index contributed by atoms with van der Waals surface area (Å²) in [6.45, 7) is 5.33. The molecular weight excluding hydrogens is 463 g/mol. The number of amides is 1. The van der Waals surface area contributed by atoms with Crippen LogP contribution in [0.15, 0.2) is 29.4 Å². The van der Waals surface area contributed by atoms with Gasteiger partial charge >= 0.3 is 6.09 Å². The fraction of sp³-hybridized carbons (Fsp3) is 0.522. The van der Waals surface area contributed by atoms with Gasteiger partial charge in [0.05, 0.1) is 22.8 Å². The first-order valence-electron chi connectivity index (χ1n) is 11.4. The third-order valence-corrected chi connectivity index (χ3v) is 7.24. The third-order valence-electron chi connectivity index (χ3n) is 6.13. The van der Waals surface area contributed by atoms with E-state index in [0.717, 1.165) is 24.3 Å². The van der Waals surface area contributed by atoms with Crippen LogP contribution in [-0.2, 0) is 21.0 Å². The lowest BCUT2D eigenvalue weighted by molar-refractivity contribution is 0.0414. The Labute approximate surface area is 198 Å². The van der Waals surface area contributed by atoms with Crippen LogP contribution in [0.1, 0.15) is 38.7 Å². The highest BCUT2D eigenvalue weighted by Crippen LogP contribution is 2.39. The number of carbonyl (C=O) groups is 1. The summed E-state index contributed by atoms with van der Waals surface area (Å²) in [5, 5.41) is 0. The number of benzene rings is 1. The first-order valence-corrected chi connectivity index (χ1v) is 13.3. The van der Waals surface area contributed by atoms with Crippen molar-refractivity contribution in [2.75, 3.05) is 30.9 Å². The Hall–Kier alpha value is -2.95. The van der Waals surface area contributed by atoms with E-state index in [0.29, 0.717) is 50.7 Å². The number of aromatic nitrogens is 2. The number of halogens is 1. The molecule has 0 aliphatic carbocycles. The van der Waals surface area contributed by atoms with Gasteiger partial charge in [-0.3, -0.25) is 0 Å². The Morgan fingerprint density at radius 1 is 1.26 bits per heavy atom. The number of carbonyl (C=O) groups excluding carboxylic acids is 1. The second-order valence-electron chi connectivity index (χ2n) is 8.69. The number of anilines is 2. The van der Waals surface area contributed by atoms with Gasteiger partial charge in [-0.1, -0.05) is 6.92 Å². The lowest BCUT2D eigenvalue weighted by Gasteiger charge is -2.36. The monoisotopic (exact) mass is 492 g/mol. The molecule has 4 rings (SSSR count). The summed E-state index contributed by atoms with van der Waals surface area (Å²) in [7, 11) is -3.50. The number of hydrogen-bond donors (Lipinski definition) is 0. The van der Waals surface area contributed by atoms with Crippen molar-refractivity contribution in [3.8, 4) is 5.88 Å². The lowest BCUT2D eigenvalue weighted by Crippen LogP contribution is -2.47. The lowest BCUT2D eigenvalue weighted by atomic mass is 10.0. The third kappa shape index (κ3) is 4.94. The highest BCUT2D eigenvalue weighted by Gasteiger charge is 2.33. The van der Waals surface area contributed by atoms with E-state index in [1.807, 2.05) is 13.8 Å². The van der Waals surface area contributed by atoms with Gasteiger partial charge in [-0.05, 0) is 38.0 Å². The summed E-state index contributed by atoms with van der Waals surface area (Å²) in [5.74, 6) is 0.373. The summed E-state index contributed by atoms with van der Waals surface area (Å²) in [4.78, 5) is 24.3. The molecule has 2 aliphatic heterocycles. The molecule has 2 aliphatic rings. The molecule has 3 heterocycles. The van der Waals surface area contributed by atoms with Gasteiger partial charge in [0, 0.05) is 38.2 Å². The predicted octanol–water partition coefficient (Wildman–Crippen LogP) is 3.49. The summed E-state index contributed by atoms with van der Waals surface area (Å²) < 4.78 is 49.7. The SMILES string of the molecule is CCCOC(=O)N1CCC(Oc2ncnc3c2CCN3c2ccc(S(C)(=O)=O)cc2F)CC1C. The van der Waals surface area contributed by atoms with Gasteiger partial charge in [-0.2, -0.15) is 0 Å². The largest absolute Gasteiger partial charge is 0.474 e. The average Bonchev–Trinajstić information content (AvgIpc) is 3.22. The Kier molecular flexibility index (Phi) is 6.92. The van der Waals surface area contributed by atoms with Crippen molar-refractivity contribution >= 4 is 27.4 Å². The average molecular weight is 493 g/mol. The van der Waals surface area contributed by atoms with Crippen LogP contribution in [-0.4, -0.2) is 67.5 Å². The van der Waals surface area contributed by atoms with Crippen LogP contribution in [0, 0.1) is 5.82 Å². The molecule has 0 bridgehead atoms. The summed E-state index contributed by atoms with van der Waals surface area (Å²) in [6.07, 6.45) is 4.65. The molecule has 1 aromatic carbocycles. The van der Waals surface area contributed by atoms with E-state index in [1.54, 1.807) is 9.80 Å². The number of fused-ring (bicyclic) bond motifs is 1. The van der Waals surface area contributed by atoms with Crippen LogP contribution in [0.2, 0.25) is 0 Å². The van der Waals surface area contributed by atoms with Crippen LogP contribution < -0.4 is 9.64 Å². The number of hydrogen-bond acceptors (Lipinski definition) is 8. The maximum absolute atomic E-state index is 14.8. The zero-order chi connectivity index (χ0) is 24.5. The predicted molar refractivity (Wildman–Crippen MR) is 124 cm³/mol. The fourth-order valence-corrected chi connectivity index (χ4v) is 5.01. The Morgan fingerprint density at radius 2 is 2.06 bits per heavy atom. The minimum atomic E-state index is -3.50. The zero-order valence-corrected chi connectivity index (χ0v) is 20.3. The highest BCUT2D eigenvalue weighted by atomic mass is 32.2. The van der Waals surface area contributed by atoms with Gasteiger partial charge in [0.25, 0.3) is 0 Å². The first-order chi connectivity index (χ1) is 16.2. The molecular formula is C23H29FN4O5S. The highest BCUT2D eigenvalue weighted by molar-refractivity contribution is 7.90. The van der Waals surface area contributed by atoms with Crippen LogP contribution in [0.5, 0.6) is 5.88 Å². The number of nitrogens with zero attached hydrogens (tertiary/aromatic N) is 4. The second-order valence-corrected chi connectivity index (χ2v) is 10.7. The topological polar surface area (TPSA) is 102 Å². The molecule has 9 nitrogen and oxygen atoms in total. The van der Waals surface area contributed by atoms with Gasteiger partial charge in [0.2, 0.25) is 5.88 Å². The van der Waals surface area contributed by atoms with E-state index < -0.39 is 15.7 Å². The second kappa shape index (κ2) is 9.73. The number of likely N-dealkylation sites (tertiary alicyclic amines) is 1. The van der Waals surface area contributed by atoms with E-state index in [-0.39, 0.29) is 28.8 Å². The van der Waals surface area contributed by atoms with Crippen LogP contribution in [0.3, 0.4) is 0 Å². The standard InChI is InChI=1S/C23H29FN4O5S/c1-4-11-32-23(29)27-9-7-16(12-15(27)2)33-22-18-8-10-28(21(18)25-14-26-22)20-6-5-17(13-19(20)24)34(3,30)31/h5-6,13-16H,4,7-12H2,1-3H3. The molecule has 184 valence electrons. The maximum Gasteiger partial charge on any atom is 0.409 e. The van der Waals surface area contributed by atoms with Crippen LogP contribution >= 0.6 is 0 Å². The number of sulfone groups is 1. The summed E-state index contributed by atoms with van der Waals surface area (Å²) in [6, 6.07) is 3.85. The van der Waals surface area contributed by atoms with Crippen molar-refractivity contribution < 1.29 is 27.1 Å². The van der Waals surface area contributed by atoms with Crippen molar-refractivity contribution in [2.24, 2.45) is 0 Å². The Bertz CT molecular complexity index is 1180. The van der Waals surface area contributed by atoms with Crippen molar-refractivity contribution in [3.63, 3.8) is 0 Å². The Balaban J connectivity index is 1.48. The molecule has 2 aromatic rings. The molecule has 0 N–H and O–H groups in total. The summed E-state index contributed by atoms with van der Waals surface area (Å²) in [5.41, 5.74) is 1.04. The van der Waals surface area contributed by atoms with Gasteiger partial charge in [0.15, 0.2) is 9.84 Å². The van der Waals surface area contributed by atoms with Crippen molar-refractivity contribution in [1.82, 2.24) is 14.9 Å².